The summed E-state index contributed by atoms with van der Waals surface area (Å²) in [5.41, 5.74) is 3.74. The van der Waals surface area contributed by atoms with Crippen molar-refractivity contribution in [1.29, 1.82) is 0 Å². The minimum atomic E-state index is -0.611. The monoisotopic (exact) mass is 345 g/mol. The van der Waals surface area contributed by atoms with Crippen molar-refractivity contribution >= 4 is 5.97 Å². The number of fused-ring (bicyclic) bond motifs is 1. The van der Waals surface area contributed by atoms with Crippen LogP contribution in [0.25, 0.3) is 0 Å². The first kappa shape index (κ1) is 18.5. The third-order valence-corrected chi connectivity index (χ3v) is 7.47. The summed E-state index contributed by atoms with van der Waals surface area (Å²) in [4.78, 5) is 11.2. The standard InChI is InChI=1S/C22H35NO2/c1-15(2)22(21(3,4)5)12-10-19-17(14-22)11-13-23(19)18-8-6-16(7-9-18)20(24)25/h11,13,15-16,18H,6-10,12,14H2,1-5H3,(H,24,25). The summed E-state index contributed by atoms with van der Waals surface area (Å²) in [6.45, 7) is 12.0. The maximum Gasteiger partial charge on any atom is 0.306 e. The summed E-state index contributed by atoms with van der Waals surface area (Å²) in [5.74, 6) is -0.0630. The molecule has 1 atom stereocenters. The molecule has 3 rings (SSSR count). The van der Waals surface area contributed by atoms with Gasteiger partial charge < -0.3 is 9.67 Å². The average molecular weight is 346 g/mol. The molecular weight excluding hydrogens is 310 g/mol. The number of carboxylic acid groups (broad SMARTS) is 1. The van der Waals surface area contributed by atoms with E-state index < -0.39 is 5.97 Å². The van der Waals surface area contributed by atoms with E-state index in [0.717, 1.165) is 32.1 Å². The molecule has 2 aliphatic carbocycles. The second kappa shape index (κ2) is 6.48. The summed E-state index contributed by atoms with van der Waals surface area (Å²) in [5, 5.41) is 9.23. The van der Waals surface area contributed by atoms with Gasteiger partial charge in [-0.2, -0.15) is 0 Å². The normalized spacial score (nSPS) is 30.3. The molecule has 140 valence electrons. The number of aliphatic carboxylic acids is 1. The quantitative estimate of drug-likeness (QED) is 0.788. The fourth-order valence-corrected chi connectivity index (χ4v) is 5.68. The molecule has 3 heteroatoms. The predicted molar refractivity (Wildman–Crippen MR) is 102 cm³/mol. The van der Waals surface area contributed by atoms with Gasteiger partial charge in [0, 0.05) is 17.9 Å². The van der Waals surface area contributed by atoms with Gasteiger partial charge in [-0.15, -0.1) is 0 Å². The van der Waals surface area contributed by atoms with Crippen LogP contribution in [0.1, 0.15) is 84.0 Å². The van der Waals surface area contributed by atoms with Gasteiger partial charge in [0.2, 0.25) is 0 Å². The van der Waals surface area contributed by atoms with Gasteiger partial charge in [0.25, 0.3) is 0 Å². The van der Waals surface area contributed by atoms with Crippen molar-refractivity contribution < 1.29 is 9.90 Å². The van der Waals surface area contributed by atoms with Crippen LogP contribution in [0.15, 0.2) is 12.3 Å². The first-order valence-corrected chi connectivity index (χ1v) is 10.1. The molecule has 25 heavy (non-hydrogen) atoms. The Morgan fingerprint density at radius 1 is 1.24 bits per heavy atom. The third kappa shape index (κ3) is 3.15. The Balaban J connectivity index is 1.81. The van der Waals surface area contributed by atoms with Crippen LogP contribution in [0.5, 0.6) is 0 Å². The van der Waals surface area contributed by atoms with E-state index in [0.29, 0.717) is 22.8 Å². The number of carbonyl (C=O) groups is 1. The Labute approximate surface area is 152 Å². The van der Waals surface area contributed by atoms with Crippen LogP contribution >= 0.6 is 0 Å². The van der Waals surface area contributed by atoms with Crippen molar-refractivity contribution in [2.24, 2.45) is 22.7 Å². The molecule has 0 aromatic carbocycles. The van der Waals surface area contributed by atoms with Crippen molar-refractivity contribution in [3.63, 3.8) is 0 Å². The van der Waals surface area contributed by atoms with Gasteiger partial charge in [-0.3, -0.25) is 4.79 Å². The van der Waals surface area contributed by atoms with E-state index in [-0.39, 0.29) is 5.92 Å². The highest BCUT2D eigenvalue weighted by atomic mass is 16.4. The molecule has 0 saturated heterocycles. The van der Waals surface area contributed by atoms with Crippen LogP contribution in [0.4, 0.5) is 0 Å². The Morgan fingerprint density at radius 2 is 1.88 bits per heavy atom. The molecule has 0 amide bonds. The highest BCUT2D eigenvalue weighted by Gasteiger charge is 2.46. The summed E-state index contributed by atoms with van der Waals surface area (Å²) in [6.07, 6.45) is 9.55. The van der Waals surface area contributed by atoms with Gasteiger partial charge in [0.1, 0.15) is 0 Å². The largest absolute Gasteiger partial charge is 0.481 e. The van der Waals surface area contributed by atoms with E-state index in [2.05, 4.69) is 51.4 Å². The number of hydrogen-bond acceptors (Lipinski definition) is 1. The third-order valence-electron chi connectivity index (χ3n) is 7.47. The van der Waals surface area contributed by atoms with E-state index in [4.69, 9.17) is 0 Å². The molecule has 1 saturated carbocycles. The number of carboxylic acids is 1. The van der Waals surface area contributed by atoms with E-state index in [9.17, 15) is 9.90 Å². The molecule has 2 aliphatic rings. The van der Waals surface area contributed by atoms with Gasteiger partial charge in [-0.1, -0.05) is 34.6 Å². The molecule has 1 aromatic rings. The van der Waals surface area contributed by atoms with Crippen LogP contribution < -0.4 is 0 Å². The van der Waals surface area contributed by atoms with Crippen LogP contribution in [0.2, 0.25) is 0 Å². The lowest BCUT2D eigenvalue weighted by Gasteiger charge is -2.51. The fourth-order valence-electron chi connectivity index (χ4n) is 5.68. The van der Waals surface area contributed by atoms with Crippen LogP contribution in [-0.2, 0) is 17.6 Å². The van der Waals surface area contributed by atoms with Gasteiger partial charge in [0.15, 0.2) is 0 Å². The van der Waals surface area contributed by atoms with E-state index in [1.807, 2.05) is 0 Å². The van der Waals surface area contributed by atoms with Crippen LogP contribution in [-0.4, -0.2) is 15.6 Å². The summed E-state index contributed by atoms with van der Waals surface area (Å²) in [6, 6.07) is 2.85. The van der Waals surface area contributed by atoms with E-state index >= 15 is 0 Å². The number of hydrogen-bond donors (Lipinski definition) is 1. The van der Waals surface area contributed by atoms with Gasteiger partial charge in [-0.05, 0) is 73.3 Å². The average Bonchev–Trinajstić information content (AvgIpc) is 2.96. The maximum absolute atomic E-state index is 11.2. The lowest BCUT2D eigenvalue weighted by molar-refractivity contribution is -0.143. The molecule has 1 aromatic heterocycles. The minimum Gasteiger partial charge on any atom is -0.481 e. The summed E-state index contributed by atoms with van der Waals surface area (Å²) in [7, 11) is 0. The molecule has 0 bridgehead atoms. The molecule has 1 N–H and O–H groups in total. The van der Waals surface area contributed by atoms with Crippen molar-refractivity contribution in [3.8, 4) is 0 Å². The second-order valence-electron chi connectivity index (χ2n) is 9.78. The zero-order chi connectivity index (χ0) is 18.4. The topological polar surface area (TPSA) is 42.2 Å². The molecule has 0 radical (unpaired) electrons. The van der Waals surface area contributed by atoms with Crippen molar-refractivity contribution in [2.45, 2.75) is 85.6 Å². The lowest BCUT2D eigenvalue weighted by atomic mass is 9.54. The van der Waals surface area contributed by atoms with Gasteiger partial charge >= 0.3 is 5.97 Å². The van der Waals surface area contributed by atoms with Crippen molar-refractivity contribution in [1.82, 2.24) is 4.57 Å². The van der Waals surface area contributed by atoms with Crippen LogP contribution in [0.3, 0.4) is 0 Å². The molecule has 1 heterocycles. The Hall–Kier alpha value is -1.25. The smallest absolute Gasteiger partial charge is 0.306 e. The predicted octanol–water partition coefficient (Wildman–Crippen LogP) is 5.48. The summed E-state index contributed by atoms with van der Waals surface area (Å²) >= 11 is 0. The highest BCUT2D eigenvalue weighted by Crippen LogP contribution is 2.53. The van der Waals surface area contributed by atoms with Gasteiger partial charge in [0.05, 0.1) is 5.92 Å². The number of nitrogens with zero attached hydrogens (tertiary/aromatic N) is 1. The van der Waals surface area contributed by atoms with Gasteiger partial charge in [-0.25, -0.2) is 0 Å². The Morgan fingerprint density at radius 3 is 2.40 bits per heavy atom. The molecule has 1 unspecified atom stereocenters. The first-order chi connectivity index (χ1) is 11.7. The molecule has 0 aliphatic heterocycles. The number of rotatable bonds is 3. The minimum absolute atomic E-state index is 0.128. The zero-order valence-electron chi connectivity index (χ0n) is 16.6. The Kier molecular flexibility index (Phi) is 4.81. The number of aromatic nitrogens is 1. The molecule has 3 nitrogen and oxygen atoms in total. The highest BCUT2D eigenvalue weighted by molar-refractivity contribution is 5.70. The summed E-state index contributed by atoms with van der Waals surface area (Å²) < 4.78 is 2.50. The van der Waals surface area contributed by atoms with Crippen molar-refractivity contribution in [2.75, 3.05) is 0 Å². The molecule has 0 spiro atoms. The van der Waals surface area contributed by atoms with Crippen LogP contribution in [0, 0.1) is 22.7 Å². The second-order valence-corrected chi connectivity index (χ2v) is 9.78. The lowest BCUT2D eigenvalue weighted by Crippen LogP contribution is -2.45. The van der Waals surface area contributed by atoms with E-state index in [1.165, 1.54) is 24.1 Å². The maximum atomic E-state index is 11.2. The molecular formula is C22H35NO2. The SMILES string of the molecule is CC(C)C1(C(C)(C)C)CCc2c(ccn2C2CCC(C(=O)O)CC2)C1. The fraction of sp³-hybridized carbons (Fsp3) is 0.773. The Bertz CT molecular complexity index is 629. The van der Waals surface area contributed by atoms with E-state index in [1.54, 1.807) is 0 Å². The molecule has 1 fully saturated rings. The zero-order valence-corrected chi connectivity index (χ0v) is 16.6. The van der Waals surface area contributed by atoms with Crippen molar-refractivity contribution in [3.05, 3.63) is 23.5 Å². The first-order valence-electron chi connectivity index (χ1n) is 10.1.